The molecule has 1 aliphatic carbocycles. The van der Waals surface area contributed by atoms with E-state index in [1.165, 1.54) is 30.8 Å². The van der Waals surface area contributed by atoms with Gasteiger partial charge < -0.3 is 5.32 Å². The Bertz CT molecular complexity index is 1040. The summed E-state index contributed by atoms with van der Waals surface area (Å²) in [5, 5.41) is 10.7. The summed E-state index contributed by atoms with van der Waals surface area (Å²) in [6.45, 7) is 1.97. The number of hydrogen-bond acceptors (Lipinski definition) is 5. The summed E-state index contributed by atoms with van der Waals surface area (Å²) in [6, 6.07) is 7.94. The molecule has 27 heavy (non-hydrogen) atoms. The highest BCUT2D eigenvalue weighted by atomic mass is 32.2. The molecule has 2 aromatic heterocycles. The van der Waals surface area contributed by atoms with Gasteiger partial charge in [0.25, 0.3) is 5.56 Å². The number of rotatable bonds is 5. The molecule has 2 heterocycles. The number of thioether (sulfide) groups is 1. The van der Waals surface area contributed by atoms with Crippen molar-refractivity contribution in [2.24, 2.45) is 0 Å². The zero-order chi connectivity index (χ0) is 18.8. The maximum Gasteiger partial charge on any atom is 0.269 e. The first-order valence-corrected chi connectivity index (χ1v) is 10.1. The van der Waals surface area contributed by atoms with Crippen molar-refractivity contribution in [2.75, 3.05) is 5.75 Å². The van der Waals surface area contributed by atoms with Crippen molar-refractivity contribution < 1.29 is 4.79 Å². The molecule has 8 heteroatoms. The molecule has 3 aromatic rings. The molecular formula is C19H21N5O2S. The second-order valence-electron chi connectivity index (χ2n) is 6.84. The number of nitrogens with zero attached hydrogens (tertiary/aromatic N) is 3. The number of hydrogen-bond donors (Lipinski definition) is 2. The minimum Gasteiger partial charge on any atom is -0.353 e. The molecule has 1 aromatic carbocycles. The van der Waals surface area contributed by atoms with E-state index < -0.39 is 0 Å². The predicted octanol–water partition coefficient (Wildman–Crippen LogP) is 2.57. The number of aromatic amines is 1. The Hall–Kier alpha value is -2.61. The average Bonchev–Trinajstić information content (AvgIpc) is 3.31. The molecule has 0 atom stereocenters. The molecule has 0 spiro atoms. The van der Waals surface area contributed by atoms with E-state index in [0.717, 1.165) is 24.1 Å². The van der Waals surface area contributed by atoms with Gasteiger partial charge in [-0.1, -0.05) is 36.7 Å². The van der Waals surface area contributed by atoms with Crippen molar-refractivity contribution in [3.8, 4) is 5.69 Å². The van der Waals surface area contributed by atoms with Gasteiger partial charge in [-0.15, -0.1) is 0 Å². The fourth-order valence-electron chi connectivity index (χ4n) is 3.44. The Kier molecular flexibility index (Phi) is 4.98. The molecule has 2 N–H and O–H groups in total. The minimum atomic E-state index is -0.196. The van der Waals surface area contributed by atoms with Crippen LogP contribution in [-0.4, -0.2) is 37.5 Å². The zero-order valence-corrected chi connectivity index (χ0v) is 15.9. The van der Waals surface area contributed by atoms with E-state index in [-0.39, 0.29) is 23.3 Å². The van der Waals surface area contributed by atoms with Crippen LogP contribution in [0.25, 0.3) is 16.7 Å². The summed E-state index contributed by atoms with van der Waals surface area (Å²) < 4.78 is 1.55. The van der Waals surface area contributed by atoms with Crippen LogP contribution in [0, 0.1) is 6.92 Å². The highest BCUT2D eigenvalue weighted by molar-refractivity contribution is 7.99. The third kappa shape index (κ3) is 3.75. The Morgan fingerprint density at radius 1 is 1.37 bits per heavy atom. The highest BCUT2D eigenvalue weighted by Gasteiger charge is 2.19. The van der Waals surface area contributed by atoms with E-state index in [2.05, 4.69) is 20.5 Å². The van der Waals surface area contributed by atoms with Gasteiger partial charge in [0.2, 0.25) is 5.91 Å². The number of carbonyl (C=O) groups excluding carboxylic acids is 1. The van der Waals surface area contributed by atoms with Crippen LogP contribution in [0.2, 0.25) is 0 Å². The molecule has 0 saturated heterocycles. The summed E-state index contributed by atoms with van der Waals surface area (Å²) >= 11 is 1.26. The molecule has 7 nitrogen and oxygen atoms in total. The Morgan fingerprint density at radius 2 is 2.19 bits per heavy atom. The molecule has 0 radical (unpaired) electrons. The first-order chi connectivity index (χ1) is 13.1. The lowest BCUT2D eigenvalue weighted by molar-refractivity contribution is -0.119. The van der Waals surface area contributed by atoms with Crippen LogP contribution >= 0.6 is 11.8 Å². The van der Waals surface area contributed by atoms with Crippen molar-refractivity contribution in [3.05, 3.63) is 46.4 Å². The van der Waals surface area contributed by atoms with Crippen LogP contribution in [0.5, 0.6) is 0 Å². The SMILES string of the molecule is Cc1cccc(-n2c(SCC(=O)NC3CCCC3)nc3[nH]ncc3c2=O)c1. The van der Waals surface area contributed by atoms with E-state index in [0.29, 0.717) is 16.2 Å². The van der Waals surface area contributed by atoms with Crippen molar-refractivity contribution >= 4 is 28.7 Å². The first kappa shape index (κ1) is 17.8. The molecular weight excluding hydrogens is 362 g/mol. The molecule has 0 bridgehead atoms. The monoisotopic (exact) mass is 383 g/mol. The molecule has 0 aliphatic heterocycles. The van der Waals surface area contributed by atoms with Gasteiger partial charge in [-0.2, -0.15) is 5.10 Å². The zero-order valence-electron chi connectivity index (χ0n) is 15.1. The molecule has 1 amide bonds. The van der Waals surface area contributed by atoms with E-state index in [1.54, 1.807) is 4.57 Å². The second kappa shape index (κ2) is 7.56. The van der Waals surface area contributed by atoms with Crippen LogP contribution in [0.15, 0.2) is 40.4 Å². The van der Waals surface area contributed by atoms with Gasteiger partial charge in [0.15, 0.2) is 10.8 Å². The predicted molar refractivity (Wildman–Crippen MR) is 105 cm³/mol. The third-order valence-corrected chi connectivity index (χ3v) is 5.70. The van der Waals surface area contributed by atoms with Crippen LogP contribution in [0.3, 0.4) is 0 Å². The topological polar surface area (TPSA) is 92.7 Å². The fourth-order valence-corrected chi connectivity index (χ4v) is 4.25. The Morgan fingerprint density at radius 3 is 2.96 bits per heavy atom. The van der Waals surface area contributed by atoms with Crippen molar-refractivity contribution in [3.63, 3.8) is 0 Å². The number of benzene rings is 1. The number of aromatic nitrogens is 4. The number of aryl methyl sites for hydroxylation is 1. The molecule has 1 aliphatic rings. The normalized spacial score (nSPS) is 14.7. The Balaban J connectivity index is 1.65. The maximum absolute atomic E-state index is 13.0. The number of nitrogens with one attached hydrogen (secondary N) is 2. The molecule has 140 valence electrons. The summed E-state index contributed by atoms with van der Waals surface area (Å²) in [6.07, 6.45) is 5.91. The standard InChI is InChI=1S/C19H21N5O2S/c1-12-5-4-8-14(9-12)24-18(26)15-10-20-23-17(15)22-19(24)27-11-16(25)21-13-6-2-3-7-13/h4-5,8-10,13H,2-3,6-7,11H2,1H3,(H,20,23)(H,21,25). The second-order valence-corrected chi connectivity index (χ2v) is 7.79. The minimum absolute atomic E-state index is 0.0263. The lowest BCUT2D eigenvalue weighted by Gasteiger charge is -2.14. The van der Waals surface area contributed by atoms with E-state index in [9.17, 15) is 9.59 Å². The molecule has 0 unspecified atom stereocenters. The lowest BCUT2D eigenvalue weighted by atomic mass is 10.2. The van der Waals surface area contributed by atoms with Gasteiger partial charge in [-0.3, -0.25) is 19.3 Å². The van der Waals surface area contributed by atoms with Gasteiger partial charge in [0.05, 0.1) is 17.6 Å². The number of amides is 1. The van der Waals surface area contributed by atoms with Gasteiger partial charge in [0.1, 0.15) is 5.39 Å². The summed E-state index contributed by atoms with van der Waals surface area (Å²) in [7, 11) is 0. The van der Waals surface area contributed by atoms with Crippen LogP contribution < -0.4 is 10.9 Å². The van der Waals surface area contributed by atoms with Gasteiger partial charge in [-0.25, -0.2) is 4.98 Å². The van der Waals surface area contributed by atoms with Crippen LogP contribution in [0.1, 0.15) is 31.2 Å². The third-order valence-electron chi connectivity index (χ3n) is 4.76. The average molecular weight is 383 g/mol. The molecule has 1 fully saturated rings. The number of carbonyl (C=O) groups is 1. The molecule has 4 rings (SSSR count). The van der Waals surface area contributed by atoms with Crippen molar-refractivity contribution in [1.29, 1.82) is 0 Å². The van der Waals surface area contributed by atoms with Crippen LogP contribution in [0.4, 0.5) is 0 Å². The van der Waals surface area contributed by atoms with E-state index >= 15 is 0 Å². The quantitative estimate of drug-likeness (QED) is 0.522. The summed E-state index contributed by atoms with van der Waals surface area (Å²) in [4.78, 5) is 29.8. The van der Waals surface area contributed by atoms with Crippen molar-refractivity contribution in [1.82, 2.24) is 25.1 Å². The highest BCUT2D eigenvalue weighted by Crippen LogP contribution is 2.22. The number of fused-ring (bicyclic) bond motifs is 1. The summed E-state index contributed by atoms with van der Waals surface area (Å²) in [5.74, 6) is 0.190. The Labute approximate surface area is 160 Å². The largest absolute Gasteiger partial charge is 0.353 e. The fraction of sp³-hybridized carbons (Fsp3) is 0.368. The van der Waals surface area contributed by atoms with Crippen LogP contribution in [-0.2, 0) is 4.79 Å². The lowest BCUT2D eigenvalue weighted by Crippen LogP contribution is -2.34. The van der Waals surface area contributed by atoms with E-state index in [4.69, 9.17) is 0 Å². The van der Waals surface area contributed by atoms with Gasteiger partial charge in [-0.05, 0) is 37.5 Å². The van der Waals surface area contributed by atoms with Gasteiger partial charge in [0, 0.05) is 6.04 Å². The number of H-pyrrole nitrogens is 1. The van der Waals surface area contributed by atoms with E-state index in [1.807, 2.05) is 31.2 Å². The smallest absolute Gasteiger partial charge is 0.269 e. The van der Waals surface area contributed by atoms with Crippen molar-refractivity contribution in [2.45, 2.75) is 43.8 Å². The molecule has 1 saturated carbocycles. The summed E-state index contributed by atoms with van der Waals surface area (Å²) in [5.41, 5.74) is 2.01. The van der Waals surface area contributed by atoms with Gasteiger partial charge >= 0.3 is 0 Å². The first-order valence-electron chi connectivity index (χ1n) is 9.07. The maximum atomic E-state index is 13.0.